The molecule has 0 saturated heterocycles. The molecule has 33 heavy (non-hydrogen) atoms. The molecule has 0 atom stereocenters. The van der Waals surface area contributed by atoms with E-state index < -0.39 is 11.7 Å². The lowest BCUT2D eigenvalue weighted by Crippen LogP contribution is -2.27. The number of aromatic nitrogens is 3. The van der Waals surface area contributed by atoms with Crippen LogP contribution in [0.25, 0.3) is 11.4 Å². The van der Waals surface area contributed by atoms with E-state index in [9.17, 15) is 9.59 Å². The molecule has 0 spiro atoms. The fourth-order valence-corrected chi connectivity index (χ4v) is 2.85. The minimum Gasteiger partial charge on any atom is -0.444 e. The molecule has 2 heterocycles. The van der Waals surface area contributed by atoms with Gasteiger partial charge in [-0.15, -0.1) is 0 Å². The summed E-state index contributed by atoms with van der Waals surface area (Å²) in [6, 6.07) is 10.2. The second-order valence-electron chi connectivity index (χ2n) is 9.84. The minimum atomic E-state index is -0.609. The van der Waals surface area contributed by atoms with Crippen LogP contribution in [0.1, 0.15) is 57.8 Å². The summed E-state index contributed by atoms with van der Waals surface area (Å²) >= 11 is 0. The van der Waals surface area contributed by atoms with Crippen molar-refractivity contribution < 1.29 is 18.8 Å². The van der Waals surface area contributed by atoms with E-state index in [2.05, 4.69) is 46.5 Å². The Morgan fingerprint density at radius 1 is 1.03 bits per heavy atom. The molecule has 9 nitrogen and oxygen atoms in total. The number of rotatable bonds is 5. The van der Waals surface area contributed by atoms with E-state index in [0.29, 0.717) is 40.8 Å². The highest BCUT2D eigenvalue weighted by Gasteiger charge is 2.18. The van der Waals surface area contributed by atoms with Gasteiger partial charge < -0.3 is 14.6 Å². The van der Waals surface area contributed by atoms with Gasteiger partial charge in [-0.3, -0.25) is 10.1 Å². The maximum absolute atomic E-state index is 12.7. The molecule has 0 saturated carbocycles. The highest BCUT2D eigenvalue weighted by molar-refractivity contribution is 6.04. The van der Waals surface area contributed by atoms with Gasteiger partial charge in [0.2, 0.25) is 11.7 Å². The van der Waals surface area contributed by atoms with Gasteiger partial charge in [0.25, 0.3) is 5.91 Å². The smallest absolute Gasteiger partial charge is 0.413 e. The molecule has 1 aromatic carbocycles. The number of nitrogens with one attached hydrogen (secondary N) is 2. The van der Waals surface area contributed by atoms with Crippen LogP contribution in [-0.4, -0.2) is 32.7 Å². The van der Waals surface area contributed by atoms with Crippen LogP contribution in [-0.2, 0) is 11.2 Å². The molecule has 0 aliphatic heterocycles. The summed E-state index contributed by atoms with van der Waals surface area (Å²) in [6.45, 7) is 11.6. The van der Waals surface area contributed by atoms with E-state index >= 15 is 0 Å². The maximum atomic E-state index is 12.7. The molecule has 0 radical (unpaired) electrons. The average molecular weight is 452 g/mol. The Morgan fingerprint density at radius 3 is 2.42 bits per heavy atom. The average Bonchev–Trinajstić information content (AvgIpc) is 3.15. The van der Waals surface area contributed by atoms with E-state index in [1.54, 1.807) is 51.1 Å². The number of hydrogen-bond acceptors (Lipinski definition) is 7. The van der Waals surface area contributed by atoms with Crippen LogP contribution in [0.15, 0.2) is 47.1 Å². The zero-order valence-electron chi connectivity index (χ0n) is 19.7. The standard InChI is InChI=1S/C24H29N5O4/c1-23(2,3)13-19-28-20(29-33-19)15-8-7-9-16(12-15)21(30)26-17-10-11-18(25-14-17)27-22(31)32-24(4,5)6/h7-12,14H,13H2,1-6H3,(H,26,30)(H,25,27,31). The first-order valence-corrected chi connectivity index (χ1v) is 10.6. The van der Waals surface area contributed by atoms with Crippen molar-refractivity contribution in [3.63, 3.8) is 0 Å². The third-order valence-electron chi connectivity index (χ3n) is 4.18. The van der Waals surface area contributed by atoms with Crippen LogP contribution in [0.2, 0.25) is 0 Å². The molecular weight excluding hydrogens is 422 g/mol. The van der Waals surface area contributed by atoms with Crippen molar-refractivity contribution in [2.24, 2.45) is 5.41 Å². The Kier molecular flexibility index (Phi) is 6.81. The van der Waals surface area contributed by atoms with Crippen molar-refractivity contribution in [3.8, 4) is 11.4 Å². The summed E-state index contributed by atoms with van der Waals surface area (Å²) in [7, 11) is 0. The van der Waals surface area contributed by atoms with Crippen molar-refractivity contribution in [2.75, 3.05) is 10.6 Å². The van der Waals surface area contributed by atoms with E-state index in [1.807, 2.05) is 6.07 Å². The molecular formula is C24H29N5O4. The van der Waals surface area contributed by atoms with Gasteiger partial charge in [-0.2, -0.15) is 4.98 Å². The van der Waals surface area contributed by atoms with E-state index in [1.165, 1.54) is 6.20 Å². The number of benzene rings is 1. The largest absolute Gasteiger partial charge is 0.444 e. The Bertz CT molecular complexity index is 1120. The molecule has 0 unspecified atom stereocenters. The predicted octanol–water partition coefficient (Wildman–Crippen LogP) is 5.32. The summed E-state index contributed by atoms with van der Waals surface area (Å²) in [5, 5.41) is 9.36. The van der Waals surface area contributed by atoms with Crippen molar-refractivity contribution in [1.82, 2.24) is 15.1 Å². The van der Waals surface area contributed by atoms with Gasteiger partial charge in [0.1, 0.15) is 11.4 Å². The molecule has 0 aliphatic carbocycles. The summed E-state index contributed by atoms with van der Waals surface area (Å²) in [4.78, 5) is 33.1. The lowest BCUT2D eigenvalue weighted by atomic mass is 9.92. The van der Waals surface area contributed by atoms with Crippen LogP contribution in [0.4, 0.5) is 16.3 Å². The van der Waals surface area contributed by atoms with Gasteiger partial charge in [-0.05, 0) is 50.5 Å². The lowest BCUT2D eigenvalue weighted by molar-refractivity contribution is 0.0635. The third-order valence-corrected chi connectivity index (χ3v) is 4.18. The molecule has 2 N–H and O–H groups in total. The van der Waals surface area contributed by atoms with E-state index in [0.717, 1.165) is 0 Å². The molecule has 174 valence electrons. The van der Waals surface area contributed by atoms with Crippen LogP contribution in [0.5, 0.6) is 0 Å². The summed E-state index contributed by atoms with van der Waals surface area (Å²) in [6.07, 6.45) is 1.51. The topological polar surface area (TPSA) is 119 Å². The lowest BCUT2D eigenvalue weighted by Gasteiger charge is -2.19. The Labute approximate surface area is 193 Å². The van der Waals surface area contributed by atoms with Crippen LogP contribution < -0.4 is 10.6 Å². The molecule has 0 aliphatic rings. The molecule has 0 fully saturated rings. The normalized spacial score (nSPS) is 11.7. The van der Waals surface area contributed by atoms with Crippen LogP contribution >= 0.6 is 0 Å². The summed E-state index contributed by atoms with van der Waals surface area (Å²) < 4.78 is 10.5. The van der Waals surface area contributed by atoms with Gasteiger partial charge in [0, 0.05) is 17.5 Å². The third kappa shape index (κ3) is 7.41. The minimum absolute atomic E-state index is 0.0253. The summed E-state index contributed by atoms with van der Waals surface area (Å²) in [5.74, 6) is 0.985. The first-order chi connectivity index (χ1) is 15.4. The SMILES string of the molecule is CC(C)(C)Cc1nc(-c2cccc(C(=O)Nc3ccc(NC(=O)OC(C)(C)C)nc3)c2)no1. The zero-order chi connectivity index (χ0) is 24.2. The monoisotopic (exact) mass is 451 g/mol. The van der Waals surface area contributed by atoms with E-state index in [-0.39, 0.29) is 11.3 Å². The molecule has 3 rings (SSSR count). The number of nitrogens with zero attached hydrogens (tertiary/aromatic N) is 3. The molecule has 9 heteroatoms. The fourth-order valence-electron chi connectivity index (χ4n) is 2.85. The van der Waals surface area contributed by atoms with Crippen molar-refractivity contribution >= 4 is 23.5 Å². The predicted molar refractivity (Wildman–Crippen MR) is 125 cm³/mol. The number of hydrogen-bond donors (Lipinski definition) is 2. The highest BCUT2D eigenvalue weighted by Crippen LogP contribution is 2.23. The fraction of sp³-hybridized carbons (Fsp3) is 0.375. The van der Waals surface area contributed by atoms with Crippen molar-refractivity contribution in [1.29, 1.82) is 0 Å². The van der Waals surface area contributed by atoms with E-state index in [4.69, 9.17) is 9.26 Å². The number of carbonyl (C=O) groups is 2. The van der Waals surface area contributed by atoms with Gasteiger partial charge in [0.05, 0.1) is 11.9 Å². The Morgan fingerprint density at radius 2 is 1.79 bits per heavy atom. The maximum Gasteiger partial charge on any atom is 0.413 e. The molecule has 2 amide bonds. The molecule has 3 aromatic rings. The number of ether oxygens (including phenoxy) is 1. The number of pyridine rings is 1. The van der Waals surface area contributed by atoms with Crippen LogP contribution in [0, 0.1) is 5.41 Å². The quantitative estimate of drug-likeness (QED) is 0.539. The van der Waals surface area contributed by atoms with Gasteiger partial charge in [0.15, 0.2) is 0 Å². The molecule has 0 bridgehead atoms. The van der Waals surface area contributed by atoms with Gasteiger partial charge in [-0.25, -0.2) is 9.78 Å². The number of amides is 2. The molecule has 2 aromatic heterocycles. The first kappa shape index (κ1) is 23.9. The highest BCUT2D eigenvalue weighted by atomic mass is 16.6. The first-order valence-electron chi connectivity index (χ1n) is 10.6. The second kappa shape index (κ2) is 9.40. The van der Waals surface area contributed by atoms with Crippen molar-refractivity contribution in [3.05, 3.63) is 54.0 Å². The Hall–Kier alpha value is -3.75. The van der Waals surface area contributed by atoms with Gasteiger partial charge in [-0.1, -0.05) is 38.1 Å². The number of carbonyl (C=O) groups excluding carboxylic acids is 2. The van der Waals surface area contributed by atoms with Crippen LogP contribution in [0.3, 0.4) is 0 Å². The number of anilines is 2. The summed E-state index contributed by atoms with van der Waals surface area (Å²) in [5.41, 5.74) is 1.01. The van der Waals surface area contributed by atoms with Gasteiger partial charge >= 0.3 is 6.09 Å². The van der Waals surface area contributed by atoms with Crippen molar-refractivity contribution in [2.45, 2.75) is 53.6 Å². The zero-order valence-corrected chi connectivity index (χ0v) is 19.7. The second-order valence-corrected chi connectivity index (χ2v) is 9.84. The Balaban J connectivity index is 1.65.